The summed E-state index contributed by atoms with van der Waals surface area (Å²) in [6, 6.07) is 3.94. The highest BCUT2D eigenvalue weighted by Crippen LogP contribution is 2.30. The van der Waals surface area contributed by atoms with Gasteiger partial charge in [0, 0.05) is 6.54 Å². The summed E-state index contributed by atoms with van der Waals surface area (Å²) in [5, 5.41) is 13.3. The maximum atomic E-state index is 10.1. The standard InChI is InChI=1S/C13H19N3OS/c1-3-6-13(2,17)7-15-9-4-5-10-12(11(9)14)16-8-18-10/h4-5,8,15,17H,3,6-7,14H2,1-2H3. The Morgan fingerprint density at radius 3 is 3.00 bits per heavy atom. The number of hydrogen-bond acceptors (Lipinski definition) is 5. The van der Waals surface area contributed by atoms with Crippen LogP contribution >= 0.6 is 11.3 Å². The van der Waals surface area contributed by atoms with Crippen molar-refractivity contribution in [2.24, 2.45) is 0 Å². The molecular formula is C13H19N3OS. The third-order valence-electron chi connectivity index (χ3n) is 2.99. The third-order valence-corrected chi connectivity index (χ3v) is 3.78. The predicted molar refractivity (Wildman–Crippen MR) is 78.1 cm³/mol. The third kappa shape index (κ3) is 2.73. The fraction of sp³-hybridized carbons (Fsp3) is 0.462. The summed E-state index contributed by atoms with van der Waals surface area (Å²) in [5.41, 5.74) is 9.47. The second kappa shape index (κ2) is 5.12. The molecule has 0 fully saturated rings. The van der Waals surface area contributed by atoms with Gasteiger partial charge in [0.2, 0.25) is 0 Å². The average Bonchev–Trinajstić information content (AvgIpc) is 2.77. The summed E-state index contributed by atoms with van der Waals surface area (Å²) in [6.45, 7) is 4.38. The Morgan fingerprint density at radius 1 is 1.50 bits per heavy atom. The van der Waals surface area contributed by atoms with Gasteiger partial charge in [-0.2, -0.15) is 0 Å². The lowest BCUT2D eigenvalue weighted by atomic mass is 10.0. The first-order valence-electron chi connectivity index (χ1n) is 6.11. The smallest absolute Gasteiger partial charge is 0.106 e. The number of anilines is 2. The van der Waals surface area contributed by atoms with E-state index in [0.29, 0.717) is 12.2 Å². The first-order chi connectivity index (χ1) is 8.53. The molecule has 0 saturated carbocycles. The Balaban J connectivity index is 2.14. The van der Waals surface area contributed by atoms with E-state index in [2.05, 4.69) is 17.2 Å². The van der Waals surface area contributed by atoms with E-state index in [-0.39, 0.29) is 0 Å². The number of nitrogens with one attached hydrogen (secondary N) is 1. The van der Waals surface area contributed by atoms with Gasteiger partial charge in [0.1, 0.15) is 5.52 Å². The maximum Gasteiger partial charge on any atom is 0.106 e. The van der Waals surface area contributed by atoms with Crippen LogP contribution < -0.4 is 11.1 Å². The molecule has 5 heteroatoms. The first-order valence-corrected chi connectivity index (χ1v) is 6.99. The van der Waals surface area contributed by atoms with Crippen LogP contribution in [0.2, 0.25) is 0 Å². The Kier molecular flexibility index (Phi) is 3.73. The van der Waals surface area contributed by atoms with E-state index >= 15 is 0 Å². The zero-order valence-electron chi connectivity index (χ0n) is 10.7. The highest BCUT2D eigenvalue weighted by atomic mass is 32.1. The molecule has 1 unspecified atom stereocenters. The molecule has 2 rings (SSSR count). The van der Waals surface area contributed by atoms with Crippen molar-refractivity contribution in [2.45, 2.75) is 32.3 Å². The molecule has 0 amide bonds. The SMILES string of the molecule is CCCC(C)(O)CNc1ccc2scnc2c1N. The molecule has 98 valence electrons. The number of nitrogen functional groups attached to an aromatic ring is 1. The van der Waals surface area contributed by atoms with Crippen molar-refractivity contribution in [3.63, 3.8) is 0 Å². The van der Waals surface area contributed by atoms with Crippen LogP contribution in [0.1, 0.15) is 26.7 Å². The fourth-order valence-corrected chi connectivity index (χ4v) is 2.71. The maximum absolute atomic E-state index is 10.1. The van der Waals surface area contributed by atoms with E-state index in [1.54, 1.807) is 16.8 Å². The largest absolute Gasteiger partial charge is 0.395 e. The number of hydrogen-bond donors (Lipinski definition) is 3. The molecule has 0 saturated heterocycles. The van der Waals surface area contributed by atoms with E-state index in [4.69, 9.17) is 5.73 Å². The lowest BCUT2D eigenvalue weighted by molar-refractivity contribution is 0.0637. The molecule has 0 spiro atoms. The van der Waals surface area contributed by atoms with Gasteiger partial charge in [0.25, 0.3) is 0 Å². The molecule has 1 atom stereocenters. The minimum absolute atomic E-state index is 0.487. The predicted octanol–water partition coefficient (Wildman–Crippen LogP) is 2.84. The summed E-state index contributed by atoms with van der Waals surface area (Å²) >= 11 is 1.57. The second-order valence-electron chi connectivity index (χ2n) is 4.83. The number of thiazole rings is 1. The summed E-state index contributed by atoms with van der Waals surface area (Å²) in [5.74, 6) is 0. The lowest BCUT2D eigenvalue weighted by Crippen LogP contribution is -2.33. The van der Waals surface area contributed by atoms with Crippen LogP contribution in [0.4, 0.5) is 11.4 Å². The highest BCUT2D eigenvalue weighted by molar-refractivity contribution is 7.16. The number of fused-ring (bicyclic) bond motifs is 1. The molecule has 0 bridgehead atoms. The van der Waals surface area contributed by atoms with Crippen LogP contribution in [-0.4, -0.2) is 22.2 Å². The molecule has 0 aliphatic rings. The van der Waals surface area contributed by atoms with Gasteiger partial charge < -0.3 is 16.2 Å². The van der Waals surface area contributed by atoms with Crippen molar-refractivity contribution < 1.29 is 5.11 Å². The van der Waals surface area contributed by atoms with E-state index in [0.717, 1.165) is 28.7 Å². The minimum atomic E-state index is -0.710. The van der Waals surface area contributed by atoms with Crippen molar-refractivity contribution >= 4 is 32.9 Å². The molecule has 18 heavy (non-hydrogen) atoms. The minimum Gasteiger partial charge on any atom is -0.395 e. The summed E-state index contributed by atoms with van der Waals surface area (Å²) in [6.07, 6.45) is 1.72. The van der Waals surface area contributed by atoms with E-state index in [1.165, 1.54) is 0 Å². The van der Waals surface area contributed by atoms with Gasteiger partial charge >= 0.3 is 0 Å². The van der Waals surface area contributed by atoms with Gasteiger partial charge in [-0.3, -0.25) is 0 Å². The van der Waals surface area contributed by atoms with Gasteiger partial charge in [-0.15, -0.1) is 11.3 Å². The van der Waals surface area contributed by atoms with Crippen molar-refractivity contribution in [3.05, 3.63) is 17.6 Å². The van der Waals surface area contributed by atoms with Gasteiger partial charge in [-0.25, -0.2) is 4.98 Å². The van der Waals surface area contributed by atoms with Crippen LogP contribution in [-0.2, 0) is 0 Å². The zero-order valence-corrected chi connectivity index (χ0v) is 11.5. The molecular weight excluding hydrogens is 246 g/mol. The fourth-order valence-electron chi connectivity index (χ4n) is 2.02. The summed E-state index contributed by atoms with van der Waals surface area (Å²) < 4.78 is 1.08. The molecule has 0 aliphatic carbocycles. The lowest BCUT2D eigenvalue weighted by Gasteiger charge is -2.24. The van der Waals surface area contributed by atoms with Crippen molar-refractivity contribution in [1.29, 1.82) is 0 Å². The van der Waals surface area contributed by atoms with Crippen molar-refractivity contribution in [3.8, 4) is 0 Å². The number of nitrogens with two attached hydrogens (primary N) is 1. The Bertz CT molecular complexity index is 536. The number of aromatic nitrogens is 1. The van der Waals surface area contributed by atoms with E-state index in [9.17, 15) is 5.11 Å². The van der Waals surface area contributed by atoms with Crippen LogP contribution in [0, 0.1) is 0 Å². The Hall–Kier alpha value is -1.33. The van der Waals surface area contributed by atoms with Gasteiger partial charge in [0.15, 0.2) is 0 Å². The molecule has 0 aliphatic heterocycles. The quantitative estimate of drug-likeness (QED) is 0.727. The molecule has 1 heterocycles. The Labute approximate surface area is 111 Å². The highest BCUT2D eigenvalue weighted by Gasteiger charge is 2.19. The second-order valence-corrected chi connectivity index (χ2v) is 5.71. The first kappa shape index (κ1) is 13.1. The molecule has 0 radical (unpaired) electrons. The van der Waals surface area contributed by atoms with Crippen molar-refractivity contribution in [2.75, 3.05) is 17.6 Å². The normalized spacial score (nSPS) is 14.6. The van der Waals surface area contributed by atoms with Gasteiger partial charge in [-0.05, 0) is 25.5 Å². The summed E-state index contributed by atoms with van der Waals surface area (Å²) in [7, 11) is 0. The molecule has 2 aromatic rings. The van der Waals surface area contributed by atoms with Crippen LogP contribution in [0.15, 0.2) is 17.6 Å². The molecule has 4 nitrogen and oxygen atoms in total. The summed E-state index contributed by atoms with van der Waals surface area (Å²) in [4.78, 5) is 4.25. The number of rotatable bonds is 5. The molecule has 1 aromatic heterocycles. The van der Waals surface area contributed by atoms with Gasteiger partial charge in [0.05, 0.1) is 27.2 Å². The average molecular weight is 265 g/mol. The number of nitrogens with zero attached hydrogens (tertiary/aromatic N) is 1. The Morgan fingerprint density at radius 2 is 2.28 bits per heavy atom. The van der Waals surface area contributed by atoms with Gasteiger partial charge in [-0.1, -0.05) is 13.3 Å². The van der Waals surface area contributed by atoms with Crippen LogP contribution in [0.25, 0.3) is 10.2 Å². The van der Waals surface area contributed by atoms with E-state index in [1.807, 2.05) is 19.1 Å². The van der Waals surface area contributed by atoms with Crippen LogP contribution in [0.5, 0.6) is 0 Å². The molecule has 1 aromatic carbocycles. The van der Waals surface area contributed by atoms with Crippen LogP contribution in [0.3, 0.4) is 0 Å². The number of aliphatic hydroxyl groups is 1. The van der Waals surface area contributed by atoms with E-state index < -0.39 is 5.60 Å². The topological polar surface area (TPSA) is 71.2 Å². The number of benzene rings is 1. The zero-order chi connectivity index (χ0) is 13.2. The monoisotopic (exact) mass is 265 g/mol. The van der Waals surface area contributed by atoms with Crippen molar-refractivity contribution in [1.82, 2.24) is 4.98 Å². The molecule has 4 N–H and O–H groups in total.